The van der Waals surface area contributed by atoms with Crippen molar-refractivity contribution in [2.45, 2.75) is 18.3 Å². The van der Waals surface area contributed by atoms with Gasteiger partial charge in [-0.3, -0.25) is 0 Å². The second-order valence-corrected chi connectivity index (χ2v) is 5.91. The molecule has 2 aromatic carbocycles. The van der Waals surface area contributed by atoms with Crippen LogP contribution in [0.5, 0.6) is 0 Å². The van der Waals surface area contributed by atoms with Gasteiger partial charge >= 0.3 is 0 Å². The van der Waals surface area contributed by atoms with Gasteiger partial charge in [-0.25, -0.2) is 0 Å². The fourth-order valence-electron chi connectivity index (χ4n) is 2.79. The van der Waals surface area contributed by atoms with E-state index >= 15 is 0 Å². The number of nitrogens with zero attached hydrogens (tertiary/aromatic N) is 1. The van der Waals surface area contributed by atoms with Crippen molar-refractivity contribution in [1.82, 2.24) is 0 Å². The molecule has 0 heterocycles. The smallest absolute Gasteiger partial charge is 0.0596 e. The normalized spacial score (nSPS) is 15.7. The summed E-state index contributed by atoms with van der Waals surface area (Å²) in [7, 11) is 4.18. The summed E-state index contributed by atoms with van der Waals surface area (Å²) in [4.78, 5) is 2.16. The minimum atomic E-state index is 0.348. The third-order valence-electron chi connectivity index (χ3n) is 4.24. The summed E-state index contributed by atoms with van der Waals surface area (Å²) >= 11 is 0. The van der Waals surface area contributed by atoms with Gasteiger partial charge in [0, 0.05) is 26.1 Å². The number of hydrogen-bond acceptors (Lipinski definition) is 2. The lowest BCUT2D eigenvalue weighted by molar-refractivity contribution is 0.732. The van der Waals surface area contributed by atoms with Gasteiger partial charge in [0.2, 0.25) is 0 Å². The zero-order chi connectivity index (χ0) is 14.0. The molecule has 1 aliphatic rings. The van der Waals surface area contributed by atoms with Crippen molar-refractivity contribution in [3.8, 4) is 0 Å². The van der Waals surface area contributed by atoms with Crippen LogP contribution >= 0.6 is 0 Å². The minimum absolute atomic E-state index is 0.348. The van der Waals surface area contributed by atoms with E-state index in [1.54, 1.807) is 0 Å². The predicted octanol–water partition coefficient (Wildman–Crippen LogP) is 3.90. The molecule has 0 amide bonds. The van der Waals surface area contributed by atoms with E-state index < -0.39 is 0 Å². The Bertz CT molecular complexity index is 571. The lowest BCUT2D eigenvalue weighted by Crippen LogP contribution is -2.21. The molecule has 2 heteroatoms. The van der Waals surface area contributed by atoms with Gasteiger partial charge in [-0.05, 0) is 30.5 Å². The Morgan fingerprint density at radius 2 is 1.60 bits per heavy atom. The fraction of sp³-hybridized carbons (Fsp3) is 0.333. The van der Waals surface area contributed by atoms with E-state index in [4.69, 9.17) is 0 Å². The summed E-state index contributed by atoms with van der Waals surface area (Å²) in [6, 6.07) is 19.4. The van der Waals surface area contributed by atoms with Crippen molar-refractivity contribution >= 4 is 11.4 Å². The van der Waals surface area contributed by atoms with Crippen LogP contribution in [0.3, 0.4) is 0 Å². The standard InChI is InChI=1S/C18H22N2/c1-20(2)17-11-7-6-10-16(17)19-14-18(12-13-18)15-8-4-3-5-9-15/h3-11,19H,12-14H2,1-2H3. The molecule has 104 valence electrons. The maximum atomic E-state index is 3.65. The highest BCUT2D eigenvalue weighted by Crippen LogP contribution is 2.48. The molecule has 1 fully saturated rings. The van der Waals surface area contributed by atoms with Gasteiger partial charge in [-0.15, -0.1) is 0 Å². The first kappa shape index (κ1) is 13.0. The highest BCUT2D eigenvalue weighted by molar-refractivity contribution is 5.69. The number of para-hydroxylation sites is 2. The van der Waals surface area contributed by atoms with Crippen molar-refractivity contribution < 1.29 is 0 Å². The zero-order valence-corrected chi connectivity index (χ0v) is 12.3. The van der Waals surface area contributed by atoms with Gasteiger partial charge in [-0.2, -0.15) is 0 Å². The van der Waals surface area contributed by atoms with Crippen molar-refractivity contribution in [3.05, 3.63) is 60.2 Å². The molecule has 0 atom stereocenters. The van der Waals surface area contributed by atoms with Crippen LogP contribution in [0.1, 0.15) is 18.4 Å². The van der Waals surface area contributed by atoms with E-state index in [1.807, 2.05) is 0 Å². The second-order valence-electron chi connectivity index (χ2n) is 5.91. The summed E-state index contributed by atoms with van der Waals surface area (Å²) in [5, 5.41) is 3.65. The van der Waals surface area contributed by atoms with E-state index in [1.165, 1.54) is 29.8 Å². The first-order valence-corrected chi connectivity index (χ1v) is 7.27. The van der Waals surface area contributed by atoms with Crippen molar-refractivity contribution in [2.75, 3.05) is 30.9 Å². The summed E-state index contributed by atoms with van der Waals surface area (Å²) in [5.74, 6) is 0. The number of anilines is 2. The van der Waals surface area contributed by atoms with Crippen LogP contribution in [0.15, 0.2) is 54.6 Å². The molecule has 1 N–H and O–H groups in total. The third kappa shape index (κ3) is 2.51. The van der Waals surface area contributed by atoms with Gasteiger partial charge in [0.05, 0.1) is 11.4 Å². The zero-order valence-electron chi connectivity index (χ0n) is 12.3. The number of hydrogen-bond donors (Lipinski definition) is 1. The molecule has 2 aromatic rings. The lowest BCUT2D eigenvalue weighted by Gasteiger charge is -2.22. The molecule has 1 saturated carbocycles. The Morgan fingerprint density at radius 3 is 2.25 bits per heavy atom. The Balaban J connectivity index is 1.75. The van der Waals surface area contributed by atoms with Gasteiger partial charge in [-0.1, -0.05) is 42.5 Å². The summed E-state index contributed by atoms with van der Waals surface area (Å²) in [6.45, 7) is 1.02. The molecule has 0 bridgehead atoms. The molecular weight excluding hydrogens is 244 g/mol. The number of rotatable bonds is 5. The number of nitrogens with one attached hydrogen (secondary N) is 1. The Labute approximate surface area is 121 Å². The quantitative estimate of drug-likeness (QED) is 0.883. The van der Waals surface area contributed by atoms with E-state index in [9.17, 15) is 0 Å². The molecule has 0 aromatic heterocycles. The third-order valence-corrected chi connectivity index (χ3v) is 4.24. The van der Waals surface area contributed by atoms with Crippen molar-refractivity contribution in [2.24, 2.45) is 0 Å². The van der Waals surface area contributed by atoms with Crippen LogP contribution in [-0.2, 0) is 5.41 Å². The highest BCUT2D eigenvalue weighted by Gasteiger charge is 2.43. The molecule has 0 unspecified atom stereocenters. The van der Waals surface area contributed by atoms with Crippen LogP contribution < -0.4 is 10.2 Å². The largest absolute Gasteiger partial charge is 0.382 e. The van der Waals surface area contributed by atoms with E-state index in [2.05, 4.69) is 78.9 Å². The molecular formula is C18H22N2. The first-order chi connectivity index (χ1) is 9.71. The van der Waals surface area contributed by atoms with Crippen molar-refractivity contribution in [3.63, 3.8) is 0 Å². The average molecular weight is 266 g/mol. The Morgan fingerprint density at radius 1 is 0.950 bits per heavy atom. The van der Waals surface area contributed by atoms with Crippen LogP contribution in [-0.4, -0.2) is 20.6 Å². The average Bonchev–Trinajstić information content (AvgIpc) is 3.27. The molecule has 0 radical (unpaired) electrons. The molecule has 20 heavy (non-hydrogen) atoms. The van der Waals surface area contributed by atoms with Gasteiger partial charge in [0.1, 0.15) is 0 Å². The monoisotopic (exact) mass is 266 g/mol. The van der Waals surface area contributed by atoms with E-state index in [-0.39, 0.29) is 0 Å². The SMILES string of the molecule is CN(C)c1ccccc1NCC1(c2ccccc2)CC1. The van der Waals surface area contributed by atoms with Crippen LogP contribution in [0.4, 0.5) is 11.4 Å². The van der Waals surface area contributed by atoms with Crippen LogP contribution in [0.25, 0.3) is 0 Å². The number of benzene rings is 2. The molecule has 2 nitrogen and oxygen atoms in total. The second kappa shape index (κ2) is 5.20. The summed E-state index contributed by atoms with van der Waals surface area (Å²) in [6.07, 6.45) is 2.57. The summed E-state index contributed by atoms with van der Waals surface area (Å²) < 4.78 is 0. The van der Waals surface area contributed by atoms with E-state index in [0.29, 0.717) is 5.41 Å². The minimum Gasteiger partial charge on any atom is -0.382 e. The topological polar surface area (TPSA) is 15.3 Å². The Kier molecular flexibility index (Phi) is 3.39. The maximum absolute atomic E-state index is 3.65. The molecule has 0 spiro atoms. The van der Waals surface area contributed by atoms with Gasteiger partial charge < -0.3 is 10.2 Å². The maximum Gasteiger partial charge on any atom is 0.0596 e. The first-order valence-electron chi connectivity index (χ1n) is 7.27. The highest BCUT2D eigenvalue weighted by atomic mass is 15.1. The van der Waals surface area contributed by atoms with Gasteiger partial charge in [0.25, 0.3) is 0 Å². The lowest BCUT2D eigenvalue weighted by atomic mass is 9.96. The van der Waals surface area contributed by atoms with E-state index in [0.717, 1.165) is 6.54 Å². The van der Waals surface area contributed by atoms with Crippen molar-refractivity contribution in [1.29, 1.82) is 0 Å². The predicted molar refractivity (Wildman–Crippen MR) is 86.6 cm³/mol. The van der Waals surface area contributed by atoms with Gasteiger partial charge in [0.15, 0.2) is 0 Å². The fourth-order valence-corrected chi connectivity index (χ4v) is 2.79. The Hall–Kier alpha value is -1.96. The van der Waals surface area contributed by atoms with Crippen LogP contribution in [0, 0.1) is 0 Å². The molecule has 3 rings (SSSR count). The molecule has 0 saturated heterocycles. The van der Waals surface area contributed by atoms with Crippen LogP contribution in [0.2, 0.25) is 0 Å². The molecule has 1 aliphatic carbocycles. The summed E-state index contributed by atoms with van der Waals surface area (Å²) in [5.41, 5.74) is 4.28. The molecule has 0 aliphatic heterocycles.